The fourth-order valence-electron chi connectivity index (χ4n) is 1.42. The first-order valence-electron chi connectivity index (χ1n) is 6.06. The van der Waals surface area contributed by atoms with Gasteiger partial charge in [-0.05, 0) is 47.0 Å². The number of aryl methyl sites for hydroxylation is 1. The molecule has 1 rings (SSSR count). The monoisotopic (exact) mass is 249 g/mol. The third kappa shape index (κ3) is 3.47. The molecule has 18 heavy (non-hydrogen) atoms. The van der Waals surface area contributed by atoms with Gasteiger partial charge in [-0.15, -0.1) is 0 Å². The Bertz CT molecular complexity index is 439. The van der Waals surface area contributed by atoms with E-state index in [-0.39, 0.29) is 11.4 Å². The van der Waals surface area contributed by atoms with Crippen LogP contribution in [0.5, 0.6) is 0 Å². The summed E-state index contributed by atoms with van der Waals surface area (Å²) in [5, 5.41) is 2.93. The molecule has 1 amide bonds. The van der Waals surface area contributed by atoms with E-state index in [4.69, 9.17) is 5.73 Å². The Morgan fingerprint density at radius 1 is 1.39 bits per heavy atom. The van der Waals surface area contributed by atoms with Crippen LogP contribution in [0.15, 0.2) is 18.2 Å². The van der Waals surface area contributed by atoms with E-state index < -0.39 is 0 Å². The molecular formula is C14H23N3O. The highest BCUT2D eigenvalue weighted by Crippen LogP contribution is 2.14. The molecule has 0 aliphatic rings. The lowest BCUT2D eigenvalue weighted by atomic mass is 10.0. The van der Waals surface area contributed by atoms with Crippen LogP contribution in [0.3, 0.4) is 0 Å². The third-order valence-electron chi connectivity index (χ3n) is 3.35. The lowest BCUT2D eigenvalue weighted by molar-refractivity contribution is 0.0920. The zero-order valence-electron chi connectivity index (χ0n) is 11.9. The summed E-state index contributed by atoms with van der Waals surface area (Å²) in [7, 11) is 3.99. The number of hydrogen-bond donors (Lipinski definition) is 2. The summed E-state index contributed by atoms with van der Waals surface area (Å²) >= 11 is 0. The van der Waals surface area contributed by atoms with E-state index in [1.165, 1.54) is 0 Å². The van der Waals surface area contributed by atoms with Crippen molar-refractivity contribution in [2.24, 2.45) is 0 Å². The van der Waals surface area contributed by atoms with E-state index in [0.29, 0.717) is 17.8 Å². The van der Waals surface area contributed by atoms with E-state index in [2.05, 4.69) is 24.1 Å². The van der Waals surface area contributed by atoms with Crippen molar-refractivity contribution in [1.29, 1.82) is 0 Å². The van der Waals surface area contributed by atoms with Crippen molar-refractivity contribution >= 4 is 11.6 Å². The van der Waals surface area contributed by atoms with Gasteiger partial charge in [0.05, 0.1) is 5.56 Å². The number of nitrogens with one attached hydrogen (secondary N) is 1. The topological polar surface area (TPSA) is 58.4 Å². The SMILES string of the molecule is Cc1ccc(N)c(C(=O)NCC(C)(C)N(C)C)c1. The van der Waals surface area contributed by atoms with Crippen LogP contribution in [0, 0.1) is 6.92 Å². The number of nitrogens with zero attached hydrogens (tertiary/aromatic N) is 1. The van der Waals surface area contributed by atoms with Gasteiger partial charge in [0.1, 0.15) is 0 Å². The molecule has 0 aliphatic carbocycles. The van der Waals surface area contributed by atoms with Crippen molar-refractivity contribution in [3.05, 3.63) is 29.3 Å². The zero-order valence-corrected chi connectivity index (χ0v) is 11.9. The van der Waals surface area contributed by atoms with Crippen molar-refractivity contribution in [1.82, 2.24) is 10.2 Å². The molecule has 0 fully saturated rings. The van der Waals surface area contributed by atoms with E-state index >= 15 is 0 Å². The summed E-state index contributed by atoms with van der Waals surface area (Å²) in [5.74, 6) is -0.119. The maximum Gasteiger partial charge on any atom is 0.253 e. The van der Waals surface area contributed by atoms with Crippen molar-refractivity contribution < 1.29 is 4.79 Å². The van der Waals surface area contributed by atoms with Crippen molar-refractivity contribution in [2.45, 2.75) is 26.3 Å². The predicted octanol–water partition coefficient (Wildman–Crippen LogP) is 1.65. The molecule has 0 unspecified atom stereocenters. The standard InChI is InChI=1S/C14H23N3O/c1-10-6-7-12(15)11(8-10)13(18)16-9-14(2,3)17(4)5/h6-8H,9,15H2,1-5H3,(H,16,18). The zero-order chi connectivity index (χ0) is 13.9. The lowest BCUT2D eigenvalue weighted by Gasteiger charge is -2.32. The molecule has 0 aromatic heterocycles. The van der Waals surface area contributed by atoms with Gasteiger partial charge in [-0.1, -0.05) is 11.6 Å². The molecule has 1 aromatic carbocycles. The normalized spacial score (nSPS) is 11.7. The molecule has 0 heterocycles. The van der Waals surface area contributed by atoms with Crippen LogP contribution in [-0.2, 0) is 0 Å². The summed E-state index contributed by atoms with van der Waals surface area (Å²) in [4.78, 5) is 14.2. The Balaban J connectivity index is 2.75. The van der Waals surface area contributed by atoms with E-state index in [1.807, 2.05) is 33.2 Å². The molecule has 3 N–H and O–H groups in total. The Morgan fingerprint density at radius 2 is 2.00 bits per heavy atom. The summed E-state index contributed by atoms with van der Waals surface area (Å²) in [5.41, 5.74) is 7.82. The Labute approximate surface area is 109 Å². The van der Waals surface area contributed by atoms with Crippen LogP contribution >= 0.6 is 0 Å². The number of carbonyl (C=O) groups is 1. The second kappa shape index (κ2) is 5.40. The summed E-state index contributed by atoms with van der Waals surface area (Å²) < 4.78 is 0. The molecule has 0 radical (unpaired) electrons. The fraction of sp³-hybridized carbons (Fsp3) is 0.500. The number of nitrogen functional groups attached to an aromatic ring is 1. The largest absolute Gasteiger partial charge is 0.398 e. The number of benzene rings is 1. The molecule has 0 saturated carbocycles. The van der Waals surface area contributed by atoms with Gasteiger partial charge in [-0.3, -0.25) is 4.79 Å². The minimum Gasteiger partial charge on any atom is -0.398 e. The molecule has 0 atom stereocenters. The van der Waals surface area contributed by atoms with Crippen molar-refractivity contribution in [3.63, 3.8) is 0 Å². The van der Waals surface area contributed by atoms with Crippen LogP contribution in [0.1, 0.15) is 29.8 Å². The number of carbonyl (C=O) groups excluding carboxylic acids is 1. The smallest absolute Gasteiger partial charge is 0.253 e. The first-order chi connectivity index (χ1) is 8.24. The van der Waals surface area contributed by atoms with Crippen LogP contribution < -0.4 is 11.1 Å². The molecule has 100 valence electrons. The maximum atomic E-state index is 12.1. The fourth-order valence-corrected chi connectivity index (χ4v) is 1.42. The van der Waals surface area contributed by atoms with Crippen LogP contribution in [0.2, 0.25) is 0 Å². The summed E-state index contributed by atoms with van der Waals surface area (Å²) in [6.07, 6.45) is 0. The number of amides is 1. The second-order valence-corrected chi connectivity index (χ2v) is 5.48. The number of anilines is 1. The average molecular weight is 249 g/mol. The Morgan fingerprint density at radius 3 is 2.56 bits per heavy atom. The molecule has 4 nitrogen and oxygen atoms in total. The molecule has 0 saturated heterocycles. The van der Waals surface area contributed by atoms with Crippen LogP contribution in [0.4, 0.5) is 5.69 Å². The quantitative estimate of drug-likeness (QED) is 0.798. The van der Waals surface area contributed by atoms with Gasteiger partial charge in [-0.25, -0.2) is 0 Å². The van der Waals surface area contributed by atoms with Gasteiger partial charge in [0.25, 0.3) is 5.91 Å². The first-order valence-corrected chi connectivity index (χ1v) is 6.06. The van der Waals surface area contributed by atoms with Gasteiger partial charge >= 0.3 is 0 Å². The minimum absolute atomic E-state index is 0.0890. The molecule has 4 heteroatoms. The second-order valence-electron chi connectivity index (χ2n) is 5.48. The highest BCUT2D eigenvalue weighted by molar-refractivity contribution is 5.99. The lowest BCUT2D eigenvalue weighted by Crippen LogP contribution is -2.48. The molecule has 1 aromatic rings. The summed E-state index contributed by atoms with van der Waals surface area (Å²) in [6, 6.07) is 5.48. The number of rotatable bonds is 4. The average Bonchev–Trinajstić information content (AvgIpc) is 2.29. The Hall–Kier alpha value is -1.55. The molecular weight excluding hydrogens is 226 g/mol. The van der Waals surface area contributed by atoms with Crippen molar-refractivity contribution in [2.75, 3.05) is 26.4 Å². The first kappa shape index (κ1) is 14.5. The number of nitrogens with two attached hydrogens (primary N) is 1. The molecule has 0 aliphatic heterocycles. The predicted molar refractivity (Wildman–Crippen MR) is 75.7 cm³/mol. The Kier molecular flexibility index (Phi) is 4.35. The van der Waals surface area contributed by atoms with Gasteiger partial charge in [0.2, 0.25) is 0 Å². The summed E-state index contributed by atoms with van der Waals surface area (Å²) in [6.45, 7) is 6.67. The van der Waals surface area contributed by atoms with E-state index in [1.54, 1.807) is 6.07 Å². The molecule has 0 bridgehead atoms. The van der Waals surface area contributed by atoms with Crippen LogP contribution in [-0.4, -0.2) is 37.0 Å². The van der Waals surface area contributed by atoms with E-state index in [9.17, 15) is 4.79 Å². The number of likely N-dealkylation sites (N-methyl/N-ethyl adjacent to an activating group) is 1. The van der Waals surface area contributed by atoms with Gasteiger partial charge in [-0.2, -0.15) is 0 Å². The van der Waals surface area contributed by atoms with Gasteiger partial charge in [0.15, 0.2) is 0 Å². The van der Waals surface area contributed by atoms with Gasteiger partial charge < -0.3 is 16.0 Å². The van der Waals surface area contributed by atoms with Crippen LogP contribution in [0.25, 0.3) is 0 Å². The van der Waals surface area contributed by atoms with Crippen molar-refractivity contribution in [3.8, 4) is 0 Å². The highest BCUT2D eigenvalue weighted by Gasteiger charge is 2.21. The highest BCUT2D eigenvalue weighted by atomic mass is 16.1. The molecule has 0 spiro atoms. The maximum absolute atomic E-state index is 12.1. The third-order valence-corrected chi connectivity index (χ3v) is 3.35. The van der Waals surface area contributed by atoms with Gasteiger partial charge in [0, 0.05) is 17.8 Å². The minimum atomic E-state index is -0.119. The number of hydrogen-bond acceptors (Lipinski definition) is 3. The van der Waals surface area contributed by atoms with E-state index in [0.717, 1.165) is 5.56 Å².